The first-order chi connectivity index (χ1) is 7.79. The third-order valence-electron chi connectivity index (χ3n) is 2.05. The van der Waals surface area contributed by atoms with Crippen molar-refractivity contribution in [3.63, 3.8) is 0 Å². The molecule has 2 aromatic rings. The number of carbonyl (C=O) groups excluding carboxylic acids is 1. The maximum Gasteiger partial charge on any atom is 0.247 e. The van der Waals surface area contributed by atoms with E-state index in [0.717, 1.165) is 5.56 Å². The van der Waals surface area contributed by atoms with E-state index in [0.29, 0.717) is 11.4 Å². The molecule has 1 aromatic heterocycles. The van der Waals surface area contributed by atoms with E-state index in [-0.39, 0.29) is 5.91 Å². The molecule has 80 valence electrons. The van der Waals surface area contributed by atoms with Gasteiger partial charge < -0.3 is 9.73 Å². The Bertz CT molecular complexity index is 486. The van der Waals surface area contributed by atoms with E-state index in [1.165, 1.54) is 12.5 Å². The molecule has 0 saturated carbocycles. The first kappa shape index (κ1) is 10.2. The number of hydrogen-bond donors (Lipinski definition) is 1. The van der Waals surface area contributed by atoms with Crippen LogP contribution in [0.3, 0.4) is 0 Å². The van der Waals surface area contributed by atoms with Crippen molar-refractivity contribution in [1.29, 1.82) is 0 Å². The van der Waals surface area contributed by atoms with Crippen LogP contribution in [0, 0.1) is 0 Å². The van der Waals surface area contributed by atoms with Gasteiger partial charge in [-0.05, 0) is 30.3 Å². The number of rotatable bonds is 3. The number of benzene rings is 1. The van der Waals surface area contributed by atoms with Gasteiger partial charge in [0.15, 0.2) is 12.2 Å². The molecular formula is C12H10N2O2. The minimum atomic E-state index is -0.229. The lowest BCUT2D eigenvalue weighted by Gasteiger charge is -2.02. The molecule has 1 amide bonds. The molecule has 1 aromatic carbocycles. The van der Waals surface area contributed by atoms with Crippen LogP contribution in [-0.2, 0) is 4.79 Å². The summed E-state index contributed by atoms with van der Waals surface area (Å²) in [6, 6.07) is 7.27. The number of aromatic nitrogens is 1. The molecule has 0 atom stereocenters. The van der Waals surface area contributed by atoms with Gasteiger partial charge in [-0.2, -0.15) is 0 Å². The summed E-state index contributed by atoms with van der Waals surface area (Å²) in [7, 11) is 0. The molecule has 1 heterocycles. The Morgan fingerprint density at radius 1 is 1.38 bits per heavy atom. The highest BCUT2D eigenvalue weighted by molar-refractivity contribution is 5.98. The Balaban J connectivity index is 2.17. The van der Waals surface area contributed by atoms with Crippen LogP contribution in [0.1, 0.15) is 0 Å². The molecule has 0 aliphatic rings. The van der Waals surface area contributed by atoms with Crippen molar-refractivity contribution in [2.24, 2.45) is 0 Å². The summed E-state index contributed by atoms with van der Waals surface area (Å²) in [5.74, 6) is 0.467. The number of hydrogen-bond acceptors (Lipinski definition) is 3. The summed E-state index contributed by atoms with van der Waals surface area (Å²) in [5.41, 5.74) is 1.63. The fourth-order valence-corrected chi connectivity index (χ4v) is 1.27. The lowest BCUT2D eigenvalue weighted by atomic mass is 10.2. The summed E-state index contributed by atoms with van der Waals surface area (Å²) >= 11 is 0. The van der Waals surface area contributed by atoms with Gasteiger partial charge in [-0.15, -0.1) is 0 Å². The van der Waals surface area contributed by atoms with Crippen molar-refractivity contribution in [3.8, 4) is 11.3 Å². The normalized spacial score (nSPS) is 9.75. The van der Waals surface area contributed by atoms with Crippen molar-refractivity contribution in [2.75, 3.05) is 5.32 Å². The predicted octanol–water partition coefficient (Wildman–Crippen LogP) is 2.47. The second kappa shape index (κ2) is 4.44. The Hall–Kier alpha value is -2.36. The molecule has 0 aliphatic carbocycles. The van der Waals surface area contributed by atoms with E-state index in [4.69, 9.17) is 4.42 Å². The third-order valence-corrected chi connectivity index (χ3v) is 2.05. The number of oxazole rings is 1. The Morgan fingerprint density at radius 2 is 2.12 bits per heavy atom. The molecule has 0 radical (unpaired) electrons. The predicted molar refractivity (Wildman–Crippen MR) is 60.8 cm³/mol. The van der Waals surface area contributed by atoms with E-state index >= 15 is 0 Å². The van der Waals surface area contributed by atoms with Gasteiger partial charge in [0.1, 0.15) is 0 Å². The van der Waals surface area contributed by atoms with Crippen molar-refractivity contribution in [3.05, 3.63) is 49.5 Å². The molecule has 4 nitrogen and oxygen atoms in total. The summed E-state index contributed by atoms with van der Waals surface area (Å²) in [5, 5.41) is 2.66. The van der Waals surface area contributed by atoms with E-state index < -0.39 is 0 Å². The number of nitrogens with one attached hydrogen (secondary N) is 1. The average molecular weight is 214 g/mol. The lowest BCUT2D eigenvalue weighted by Crippen LogP contribution is -2.06. The van der Waals surface area contributed by atoms with Crippen LogP contribution in [0.25, 0.3) is 11.3 Å². The van der Waals surface area contributed by atoms with Gasteiger partial charge in [0.2, 0.25) is 5.91 Å². The standard InChI is InChI=1S/C12H10N2O2/c1-2-12(15)14-10-5-3-9(4-6-10)11-7-13-8-16-11/h2-8H,1H2,(H,14,15). The maximum absolute atomic E-state index is 11.0. The quantitative estimate of drug-likeness (QED) is 0.798. The highest BCUT2D eigenvalue weighted by Crippen LogP contribution is 2.20. The Kier molecular flexibility index (Phi) is 2.82. The molecule has 0 aliphatic heterocycles. The number of anilines is 1. The van der Waals surface area contributed by atoms with Crippen LogP contribution in [0.15, 0.2) is 53.9 Å². The number of nitrogens with zero attached hydrogens (tertiary/aromatic N) is 1. The molecule has 0 bridgehead atoms. The van der Waals surface area contributed by atoms with Gasteiger partial charge in [0, 0.05) is 11.3 Å². The lowest BCUT2D eigenvalue weighted by molar-refractivity contribution is -0.111. The van der Waals surface area contributed by atoms with Crippen LogP contribution in [0.4, 0.5) is 5.69 Å². The van der Waals surface area contributed by atoms with Crippen molar-refractivity contribution < 1.29 is 9.21 Å². The first-order valence-electron chi connectivity index (χ1n) is 4.72. The molecular weight excluding hydrogens is 204 g/mol. The first-order valence-corrected chi connectivity index (χ1v) is 4.72. The van der Waals surface area contributed by atoms with Crippen LogP contribution < -0.4 is 5.32 Å². The van der Waals surface area contributed by atoms with E-state index in [2.05, 4.69) is 16.9 Å². The van der Waals surface area contributed by atoms with E-state index in [9.17, 15) is 4.79 Å². The minimum Gasteiger partial charge on any atom is -0.444 e. The van der Waals surface area contributed by atoms with Crippen molar-refractivity contribution in [1.82, 2.24) is 4.98 Å². The molecule has 1 N–H and O–H groups in total. The average Bonchev–Trinajstić information content (AvgIpc) is 2.83. The van der Waals surface area contributed by atoms with Gasteiger partial charge in [0.25, 0.3) is 0 Å². The van der Waals surface area contributed by atoms with Crippen LogP contribution >= 0.6 is 0 Å². The Labute approximate surface area is 92.6 Å². The van der Waals surface area contributed by atoms with Crippen LogP contribution in [-0.4, -0.2) is 10.9 Å². The van der Waals surface area contributed by atoms with Crippen molar-refractivity contribution in [2.45, 2.75) is 0 Å². The number of amides is 1. The summed E-state index contributed by atoms with van der Waals surface area (Å²) in [6.07, 6.45) is 4.24. The second-order valence-corrected chi connectivity index (χ2v) is 3.14. The van der Waals surface area contributed by atoms with E-state index in [1.807, 2.05) is 12.1 Å². The summed E-state index contributed by atoms with van der Waals surface area (Å²) in [6.45, 7) is 3.38. The smallest absolute Gasteiger partial charge is 0.247 e. The van der Waals surface area contributed by atoms with Crippen molar-refractivity contribution >= 4 is 11.6 Å². The van der Waals surface area contributed by atoms with Gasteiger partial charge in [-0.25, -0.2) is 4.98 Å². The topological polar surface area (TPSA) is 55.1 Å². The van der Waals surface area contributed by atoms with E-state index in [1.54, 1.807) is 18.3 Å². The second-order valence-electron chi connectivity index (χ2n) is 3.14. The molecule has 0 fully saturated rings. The molecule has 0 saturated heterocycles. The molecule has 4 heteroatoms. The number of carbonyl (C=O) groups is 1. The minimum absolute atomic E-state index is 0.229. The summed E-state index contributed by atoms with van der Waals surface area (Å²) in [4.78, 5) is 14.9. The maximum atomic E-state index is 11.0. The molecule has 2 rings (SSSR count). The van der Waals surface area contributed by atoms with Gasteiger partial charge in [0.05, 0.1) is 6.20 Å². The van der Waals surface area contributed by atoms with Crippen LogP contribution in [0.2, 0.25) is 0 Å². The fourth-order valence-electron chi connectivity index (χ4n) is 1.27. The highest BCUT2D eigenvalue weighted by atomic mass is 16.3. The Morgan fingerprint density at radius 3 is 2.69 bits per heavy atom. The van der Waals surface area contributed by atoms with Gasteiger partial charge in [-0.3, -0.25) is 4.79 Å². The summed E-state index contributed by atoms with van der Waals surface area (Å²) < 4.78 is 5.15. The zero-order valence-electron chi connectivity index (χ0n) is 8.51. The zero-order valence-corrected chi connectivity index (χ0v) is 8.51. The van der Waals surface area contributed by atoms with Gasteiger partial charge >= 0.3 is 0 Å². The molecule has 0 unspecified atom stereocenters. The van der Waals surface area contributed by atoms with Crippen LogP contribution in [0.5, 0.6) is 0 Å². The molecule has 0 spiro atoms. The SMILES string of the molecule is C=CC(=O)Nc1ccc(-c2cnco2)cc1. The monoisotopic (exact) mass is 214 g/mol. The fraction of sp³-hybridized carbons (Fsp3) is 0. The third kappa shape index (κ3) is 2.17. The zero-order chi connectivity index (χ0) is 11.4. The largest absolute Gasteiger partial charge is 0.444 e. The van der Waals surface area contributed by atoms with Gasteiger partial charge in [-0.1, -0.05) is 6.58 Å². The highest BCUT2D eigenvalue weighted by Gasteiger charge is 2.01. The molecule has 16 heavy (non-hydrogen) atoms.